The Kier molecular flexibility index (Phi) is 4.15. The van der Waals surface area contributed by atoms with Gasteiger partial charge in [0.15, 0.2) is 0 Å². The van der Waals surface area contributed by atoms with Gasteiger partial charge in [-0.1, -0.05) is 12.8 Å². The van der Waals surface area contributed by atoms with Crippen molar-refractivity contribution in [3.63, 3.8) is 0 Å². The minimum Gasteiger partial charge on any atom is -0.335 e. The van der Waals surface area contributed by atoms with Crippen LogP contribution in [0.2, 0.25) is 0 Å². The van der Waals surface area contributed by atoms with Crippen LogP contribution in [0.5, 0.6) is 0 Å². The maximum absolute atomic E-state index is 13.1. The maximum atomic E-state index is 13.1. The lowest BCUT2D eigenvalue weighted by Crippen LogP contribution is -2.39. The highest BCUT2D eigenvalue weighted by molar-refractivity contribution is 5.94. The molecule has 2 unspecified atom stereocenters. The van der Waals surface area contributed by atoms with Gasteiger partial charge in [-0.05, 0) is 55.5 Å². The number of carbonyl (C=O) groups is 1. The van der Waals surface area contributed by atoms with Crippen molar-refractivity contribution in [3.05, 3.63) is 64.3 Å². The minimum atomic E-state index is -0.357. The second-order valence-electron chi connectivity index (χ2n) is 7.00. The lowest BCUT2D eigenvalue weighted by molar-refractivity contribution is 0.0689. The Labute approximate surface area is 145 Å². The van der Waals surface area contributed by atoms with Crippen molar-refractivity contribution in [1.29, 1.82) is 0 Å². The van der Waals surface area contributed by atoms with E-state index in [9.17, 15) is 14.0 Å². The third-order valence-electron chi connectivity index (χ3n) is 5.53. The molecule has 4 rings (SSSR count). The molecule has 2 heterocycles. The Hall–Kier alpha value is -2.43. The molecule has 1 amide bonds. The Morgan fingerprint density at radius 3 is 2.56 bits per heavy atom. The van der Waals surface area contributed by atoms with Gasteiger partial charge in [-0.3, -0.25) is 14.2 Å². The number of fused-ring (bicyclic) bond motifs is 1. The van der Waals surface area contributed by atoms with Crippen LogP contribution in [-0.2, 0) is 0 Å². The van der Waals surface area contributed by atoms with Crippen LogP contribution in [0.1, 0.15) is 42.5 Å². The Morgan fingerprint density at radius 1 is 1.00 bits per heavy atom. The lowest BCUT2D eigenvalue weighted by Gasteiger charge is -2.31. The summed E-state index contributed by atoms with van der Waals surface area (Å²) in [7, 11) is 0. The molecule has 25 heavy (non-hydrogen) atoms. The number of amides is 1. The monoisotopic (exact) mass is 340 g/mol. The van der Waals surface area contributed by atoms with Crippen LogP contribution >= 0.6 is 0 Å². The molecule has 4 nitrogen and oxygen atoms in total. The van der Waals surface area contributed by atoms with E-state index in [1.54, 1.807) is 12.3 Å². The van der Waals surface area contributed by atoms with Crippen molar-refractivity contribution in [2.24, 2.45) is 5.92 Å². The number of pyridine rings is 1. The average molecular weight is 340 g/mol. The average Bonchev–Trinajstić information content (AvgIpc) is 3.06. The fourth-order valence-corrected chi connectivity index (χ4v) is 4.24. The van der Waals surface area contributed by atoms with Crippen LogP contribution in [0, 0.1) is 11.7 Å². The van der Waals surface area contributed by atoms with E-state index in [1.807, 2.05) is 4.90 Å². The number of hydrogen-bond donors (Lipinski definition) is 0. The van der Waals surface area contributed by atoms with E-state index in [1.165, 1.54) is 54.2 Å². The molecule has 2 aliphatic rings. The molecule has 2 fully saturated rings. The molecule has 1 saturated heterocycles. The summed E-state index contributed by atoms with van der Waals surface area (Å²) in [6.45, 7) is 0.795. The van der Waals surface area contributed by atoms with E-state index in [4.69, 9.17) is 0 Å². The number of benzene rings is 1. The Bertz CT molecular complexity index is 844. The molecule has 1 saturated carbocycles. The van der Waals surface area contributed by atoms with Gasteiger partial charge in [-0.15, -0.1) is 0 Å². The smallest absolute Gasteiger partial charge is 0.255 e. The highest BCUT2D eigenvalue weighted by Crippen LogP contribution is 2.36. The topological polar surface area (TPSA) is 42.3 Å². The molecule has 2 atom stereocenters. The summed E-state index contributed by atoms with van der Waals surface area (Å²) in [5, 5.41) is 0. The molecule has 0 spiro atoms. The van der Waals surface area contributed by atoms with Gasteiger partial charge in [0, 0.05) is 30.5 Å². The van der Waals surface area contributed by atoms with Gasteiger partial charge in [0.25, 0.3) is 11.5 Å². The molecule has 130 valence electrons. The number of nitrogens with zero attached hydrogens (tertiary/aromatic N) is 2. The number of hydrogen-bond acceptors (Lipinski definition) is 2. The van der Waals surface area contributed by atoms with E-state index >= 15 is 0 Å². The van der Waals surface area contributed by atoms with Crippen LogP contribution < -0.4 is 5.56 Å². The van der Waals surface area contributed by atoms with Crippen LogP contribution in [0.15, 0.2) is 47.4 Å². The fourth-order valence-electron chi connectivity index (χ4n) is 4.24. The minimum absolute atomic E-state index is 0.00902. The van der Waals surface area contributed by atoms with Crippen molar-refractivity contribution in [2.45, 2.75) is 38.1 Å². The zero-order valence-electron chi connectivity index (χ0n) is 14.0. The van der Waals surface area contributed by atoms with Crippen LogP contribution in [0.25, 0.3) is 5.69 Å². The molecule has 5 heteroatoms. The zero-order chi connectivity index (χ0) is 17.4. The summed E-state index contributed by atoms with van der Waals surface area (Å²) in [6.07, 6.45) is 7.39. The number of halogens is 1. The predicted octanol–water partition coefficient (Wildman–Crippen LogP) is 3.38. The van der Waals surface area contributed by atoms with E-state index < -0.39 is 0 Å². The van der Waals surface area contributed by atoms with E-state index in [0.29, 0.717) is 23.2 Å². The molecule has 1 aliphatic heterocycles. The summed E-state index contributed by atoms with van der Waals surface area (Å²) >= 11 is 0. The Balaban J connectivity index is 1.64. The van der Waals surface area contributed by atoms with Gasteiger partial charge in [0.1, 0.15) is 5.82 Å². The van der Waals surface area contributed by atoms with Crippen molar-refractivity contribution >= 4 is 5.91 Å². The van der Waals surface area contributed by atoms with E-state index in [-0.39, 0.29) is 17.3 Å². The number of aromatic nitrogens is 1. The molecular weight excluding hydrogens is 319 g/mol. The molecule has 0 bridgehead atoms. The summed E-state index contributed by atoms with van der Waals surface area (Å²) < 4.78 is 14.5. The highest BCUT2D eigenvalue weighted by atomic mass is 19.1. The lowest BCUT2D eigenvalue weighted by atomic mass is 9.85. The predicted molar refractivity (Wildman–Crippen MR) is 93.4 cm³/mol. The first-order valence-electron chi connectivity index (χ1n) is 8.93. The first-order valence-corrected chi connectivity index (χ1v) is 8.93. The van der Waals surface area contributed by atoms with Crippen molar-refractivity contribution in [2.75, 3.05) is 6.54 Å². The van der Waals surface area contributed by atoms with Gasteiger partial charge in [0.05, 0.1) is 5.56 Å². The highest BCUT2D eigenvalue weighted by Gasteiger charge is 2.38. The van der Waals surface area contributed by atoms with Crippen LogP contribution in [0.4, 0.5) is 4.39 Å². The molecule has 1 aromatic carbocycles. The number of rotatable bonds is 2. The molecule has 1 aliphatic carbocycles. The van der Waals surface area contributed by atoms with Crippen LogP contribution in [0.3, 0.4) is 0 Å². The third-order valence-corrected chi connectivity index (χ3v) is 5.53. The molecular formula is C20H21FN2O2. The molecule has 2 aromatic rings. The molecule has 0 N–H and O–H groups in total. The maximum Gasteiger partial charge on any atom is 0.255 e. The molecule has 0 radical (unpaired) electrons. The number of carbonyl (C=O) groups excluding carboxylic acids is 1. The van der Waals surface area contributed by atoms with Gasteiger partial charge >= 0.3 is 0 Å². The number of likely N-dealkylation sites (tertiary alicyclic amines) is 1. The van der Waals surface area contributed by atoms with Crippen molar-refractivity contribution in [1.82, 2.24) is 9.47 Å². The largest absolute Gasteiger partial charge is 0.335 e. The first kappa shape index (κ1) is 16.1. The molecule has 1 aromatic heterocycles. The standard InChI is InChI=1S/C20H21FN2O2/c21-16-6-8-17(9-7-16)23-13-15(5-10-19(23)24)20(25)22-12-11-14-3-1-2-4-18(14)22/h5-10,13-14,18H,1-4,11-12H2. The van der Waals surface area contributed by atoms with E-state index in [2.05, 4.69) is 0 Å². The summed E-state index contributed by atoms with van der Waals surface area (Å²) in [5.41, 5.74) is 0.827. The van der Waals surface area contributed by atoms with E-state index in [0.717, 1.165) is 19.4 Å². The second-order valence-corrected chi connectivity index (χ2v) is 7.00. The Morgan fingerprint density at radius 2 is 1.76 bits per heavy atom. The van der Waals surface area contributed by atoms with Gasteiger partial charge in [-0.25, -0.2) is 4.39 Å². The zero-order valence-corrected chi connectivity index (χ0v) is 14.0. The van der Waals surface area contributed by atoms with Gasteiger partial charge in [-0.2, -0.15) is 0 Å². The van der Waals surface area contributed by atoms with Gasteiger partial charge < -0.3 is 4.90 Å². The van der Waals surface area contributed by atoms with Crippen molar-refractivity contribution in [3.8, 4) is 5.69 Å². The van der Waals surface area contributed by atoms with Crippen molar-refractivity contribution < 1.29 is 9.18 Å². The first-order chi connectivity index (χ1) is 12.1. The van der Waals surface area contributed by atoms with Crippen LogP contribution in [-0.4, -0.2) is 28.0 Å². The summed E-state index contributed by atoms with van der Waals surface area (Å²) in [6, 6.07) is 9.04. The second kappa shape index (κ2) is 6.47. The fraction of sp³-hybridized carbons (Fsp3) is 0.400. The quantitative estimate of drug-likeness (QED) is 0.841. The summed E-state index contributed by atoms with van der Waals surface area (Å²) in [5.74, 6) is 0.260. The SMILES string of the molecule is O=C(c1ccc(=O)n(-c2ccc(F)cc2)c1)N1CCC2CCCCC21. The normalized spacial score (nSPS) is 22.7. The summed E-state index contributed by atoms with van der Waals surface area (Å²) in [4.78, 5) is 27.2. The third kappa shape index (κ3) is 2.99. The van der Waals surface area contributed by atoms with Gasteiger partial charge in [0.2, 0.25) is 0 Å².